The molecule has 0 aliphatic carbocycles. The molecule has 0 amide bonds. The summed E-state index contributed by atoms with van der Waals surface area (Å²) in [6.45, 7) is 18.4. The largest absolute Gasteiger partial charge is 0.509 e. The van der Waals surface area contributed by atoms with Crippen molar-refractivity contribution in [2.45, 2.75) is 64.7 Å². The Balaban J connectivity index is 0.00000543. The Bertz CT molecular complexity index is 3700. The van der Waals surface area contributed by atoms with Gasteiger partial charge in [-0.25, -0.2) is 4.98 Å². The Hall–Kier alpha value is -7.66. The molecule has 0 spiro atoms. The number of nitrogens with zero attached hydrogens (tertiary/aromatic N) is 5. The van der Waals surface area contributed by atoms with E-state index in [1.165, 1.54) is 67.1 Å². The zero-order valence-corrected chi connectivity index (χ0v) is 44.3. The third-order valence-electron chi connectivity index (χ3n) is 15.3. The Labute approximate surface area is 443 Å². The van der Waals surface area contributed by atoms with E-state index in [1.54, 1.807) is 0 Å². The zero-order valence-electron chi connectivity index (χ0n) is 42.0. The molecular weight excluding hydrogens is 1070 g/mol. The fraction of sp³-hybridized carbons (Fsp3) is 0.152. The minimum absolute atomic E-state index is 0. The van der Waals surface area contributed by atoms with Crippen LogP contribution in [0.1, 0.15) is 76.3 Å². The molecule has 6 nitrogen and oxygen atoms in total. The quantitative estimate of drug-likeness (QED) is 0.149. The summed E-state index contributed by atoms with van der Waals surface area (Å²) in [6.07, 6.45) is 6.15. The molecule has 2 aromatic heterocycles. The van der Waals surface area contributed by atoms with Crippen molar-refractivity contribution in [3.63, 3.8) is 0 Å². The summed E-state index contributed by atoms with van der Waals surface area (Å²) in [5.41, 5.74) is 18.3. The number of rotatable bonds is 7. The van der Waals surface area contributed by atoms with Crippen LogP contribution >= 0.6 is 0 Å². The predicted molar refractivity (Wildman–Crippen MR) is 296 cm³/mol. The number of benzene rings is 8. The molecule has 7 heteroatoms. The van der Waals surface area contributed by atoms with Gasteiger partial charge in [-0.3, -0.25) is 0 Å². The van der Waals surface area contributed by atoms with Crippen molar-refractivity contribution < 1.29 is 25.8 Å². The summed E-state index contributed by atoms with van der Waals surface area (Å²) in [7, 11) is 0. The first-order valence-electron chi connectivity index (χ1n) is 24.9. The molecule has 0 radical (unpaired) electrons. The van der Waals surface area contributed by atoms with Crippen LogP contribution in [0, 0.1) is 18.8 Å². The monoisotopic (exact) mass is 1130 g/mol. The number of aromatic nitrogens is 2. The second kappa shape index (κ2) is 17.2. The average molecular weight is 1130 g/mol. The Morgan fingerprint density at radius 1 is 0.534 bits per heavy atom. The third-order valence-corrected chi connectivity index (χ3v) is 15.3. The number of ether oxygens (including phenoxy) is 1. The van der Waals surface area contributed by atoms with E-state index in [0.29, 0.717) is 11.5 Å². The zero-order chi connectivity index (χ0) is 49.1. The van der Waals surface area contributed by atoms with Crippen molar-refractivity contribution in [3.05, 3.63) is 241 Å². The smallest absolute Gasteiger partial charge is 0.135 e. The van der Waals surface area contributed by atoms with E-state index in [9.17, 15) is 0 Å². The number of pyridine rings is 1. The van der Waals surface area contributed by atoms with Gasteiger partial charge in [-0.1, -0.05) is 145 Å². The first-order valence-corrected chi connectivity index (χ1v) is 24.9. The molecule has 13 rings (SSSR count). The molecular formula is C66H54N5OPt-3. The number of anilines is 5. The van der Waals surface area contributed by atoms with Gasteiger partial charge in [0.05, 0.1) is 17.1 Å². The topological polar surface area (TPSA) is 36.8 Å². The van der Waals surface area contributed by atoms with E-state index in [4.69, 9.17) is 9.72 Å². The van der Waals surface area contributed by atoms with Gasteiger partial charge < -0.3 is 24.0 Å². The molecule has 3 aliphatic rings. The Morgan fingerprint density at radius 3 is 1.78 bits per heavy atom. The van der Waals surface area contributed by atoms with Crippen molar-refractivity contribution in [3.8, 4) is 39.6 Å². The Kier molecular flexibility index (Phi) is 11.0. The molecule has 73 heavy (non-hydrogen) atoms. The summed E-state index contributed by atoms with van der Waals surface area (Å²) in [4.78, 5) is 11.8. The van der Waals surface area contributed by atoms with E-state index in [1.807, 2.05) is 24.4 Å². The van der Waals surface area contributed by atoms with Crippen LogP contribution in [0.3, 0.4) is 0 Å². The SMILES string of the molecule is CC(C)(C)c1ccnc(-n2c3[c-]c(Oc4[c-]c(N5C=CN(c6cc7c8c(c6)C(C)(C)c6cc(-c9ccccc9)ccc6N8c6ccc(-c8ccccc8)cc6C7(C)C)[CH-]5)ccc4)ccc3c3ccccc32)c1.[Pt]. The van der Waals surface area contributed by atoms with Crippen LogP contribution in [0.25, 0.3) is 49.9 Å². The molecule has 10 aromatic rings. The Morgan fingerprint density at radius 2 is 1.14 bits per heavy atom. The summed E-state index contributed by atoms with van der Waals surface area (Å²) < 4.78 is 8.82. The van der Waals surface area contributed by atoms with Crippen molar-refractivity contribution >= 4 is 50.2 Å². The van der Waals surface area contributed by atoms with Gasteiger partial charge in [0.1, 0.15) is 5.82 Å². The average Bonchev–Trinajstić information content (AvgIpc) is 4.03. The molecule has 8 aromatic carbocycles. The third kappa shape index (κ3) is 7.60. The van der Waals surface area contributed by atoms with Gasteiger partial charge in [-0.2, -0.15) is 12.1 Å². The second-order valence-corrected chi connectivity index (χ2v) is 21.5. The molecule has 3 aliphatic heterocycles. The van der Waals surface area contributed by atoms with E-state index in [0.717, 1.165) is 39.0 Å². The van der Waals surface area contributed by atoms with Gasteiger partial charge in [0, 0.05) is 60.8 Å². The fourth-order valence-electron chi connectivity index (χ4n) is 11.3. The number of para-hydroxylation sites is 1. The van der Waals surface area contributed by atoms with Crippen LogP contribution in [0.2, 0.25) is 0 Å². The second-order valence-electron chi connectivity index (χ2n) is 21.5. The number of hydrogen-bond acceptors (Lipinski definition) is 5. The van der Waals surface area contributed by atoms with Gasteiger partial charge in [0.2, 0.25) is 0 Å². The summed E-state index contributed by atoms with van der Waals surface area (Å²) in [5, 5.41) is 2.23. The molecule has 0 fully saturated rings. The molecule has 0 saturated heterocycles. The van der Waals surface area contributed by atoms with Gasteiger partial charge in [-0.15, -0.1) is 48.1 Å². The number of fused-ring (bicyclic) bond motifs is 7. The maximum atomic E-state index is 6.62. The summed E-state index contributed by atoms with van der Waals surface area (Å²) in [6, 6.07) is 70.5. The predicted octanol–water partition coefficient (Wildman–Crippen LogP) is 16.9. The van der Waals surface area contributed by atoms with Crippen molar-refractivity contribution in [1.29, 1.82) is 0 Å². The maximum absolute atomic E-state index is 6.62. The molecule has 5 heterocycles. The van der Waals surface area contributed by atoms with Crippen molar-refractivity contribution in [2.75, 3.05) is 14.7 Å². The molecule has 0 unspecified atom stereocenters. The van der Waals surface area contributed by atoms with Crippen molar-refractivity contribution in [2.24, 2.45) is 0 Å². The molecule has 0 N–H and O–H groups in total. The van der Waals surface area contributed by atoms with Gasteiger partial charge in [-0.05, 0) is 128 Å². The van der Waals surface area contributed by atoms with Crippen molar-refractivity contribution in [1.82, 2.24) is 9.55 Å². The van der Waals surface area contributed by atoms with Gasteiger partial charge >= 0.3 is 0 Å². The minimum atomic E-state index is -0.321. The first kappa shape index (κ1) is 46.4. The van der Waals surface area contributed by atoms with Crippen LogP contribution in [0.4, 0.5) is 28.4 Å². The molecule has 362 valence electrons. The van der Waals surface area contributed by atoms with E-state index < -0.39 is 0 Å². The van der Waals surface area contributed by atoms with E-state index in [-0.39, 0.29) is 37.3 Å². The first-order chi connectivity index (χ1) is 34.8. The van der Waals surface area contributed by atoms with E-state index in [2.05, 4.69) is 257 Å². The fourth-order valence-corrected chi connectivity index (χ4v) is 11.3. The minimum Gasteiger partial charge on any atom is -0.509 e. The molecule has 0 bridgehead atoms. The molecule has 0 atom stereocenters. The number of hydrogen-bond donors (Lipinski definition) is 0. The van der Waals surface area contributed by atoms with Gasteiger partial charge in [0.25, 0.3) is 0 Å². The summed E-state index contributed by atoms with van der Waals surface area (Å²) in [5.74, 6) is 2.06. The normalized spacial score (nSPS) is 15.0. The standard InChI is InChI=1S/C66H54N5O.Pt/c1-64(2,3)47-31-32-67-62(37-47)70-58-24-15-14-23-52(58)53-28-27-51(41-61(53)70)72-50-22-16-21-48(38-50)68-33-34-69(42-68)49-39-56-63-57(40-49)66(6,7)55-36-46(44-19-12-9-13-20-44)26-30-60(55)71(63)59-29-25-45(35-54(59)65(56,4)5)43-17-10-8-11-18-43;/h8-37,39-40,42H,1-7H3;/q-3;. The van der Waals surface area contributed by atoms with Gasteiger partial charge in [0.15, 0.2) is 0 Å². The molecule has 0 saturated carbocycles. The summed E-state index contributed by atoms with van der Waals surface area (Å²) >= 11 is 0. The van der Waals surface area contributed by atoms with Crippen LogP contribution in [0.5, 0.6) is 11.5 Å². The maximum Gasteiger partial charge on any atom is 0.135 e. The van der Waals surface area contributed by atoms with E-state index >= 15 is 0 Å². The van der Waals surface area contributed by atoms with Crippen LogP contribution in [0.15, 0.2) is 195 Å². The van der Waals surface area contributed by atoms with Crippen LogP contribution in [-0.4, -0.2) is 9.55 Å². The van der Waals surface area contributed by atoms with Crippen LogP contribution in [-0.2, 0) is 37.3 Å². The van der Waals surface area contributed by atoms with Crippen LogP contribution < -0.4 is 19.4 Å².